The van der Waals surface area contributed by atoms with Gasteiger partial charge in [0.25, 0.3) is 0 Å². The van der Waals surface area contributed by atoms with Gasteiger partial charge in [-0.3, -0.25) is 4.79 Å². The highest BCUT2D eigenvalue weighted by atomic mass is 19.4. The third-order valence-electron chi connectivity index (χ3n) is 5.87. The van der Waals surface area contributed by atoms with Crippen molar-refractivity contribution in [2.45, 2.75) is 140 Å². The molecule has 0 aliphatic carbocycles. The minimum atomic E-state index is -6.93. The van der Waals surface area contributed by atoms with Crippen LogP contribution in [0, 0.1) is 0 Å². The van der Waals surface area contributed by atoms with Crippen LogP contribution in [0.5, 0.6) is 0 Å². The minimum Gasteiger partial charge on any atom is -0.465 e. The smallest absolute Gasteiger partial charge is 0.460 e. The summed E-state index contributed by atoms with van der Waals surface area (Å²) < 4.78 is 119. The summed E-state index contributed by atoms with van der Waals surface area (Å²) in [4.78, 5) is 11.5. The summed E-state index contributed by atoms with van der Waals surface area (Å²) in [6.07, 6.45) is 7.26. The zero-order valence-electron chi connectivity index (χ0n) is 20.4. The van der Waals surface area contributed by atoms with Gasteiger partial charge in [0.1, 0.15) is 0 Å². The molecule has 0 atom stereocenters. The number of carbonyl (C=O) groups is 1. The lowest BCUT2D eigenvalue weighted by atomic mass is 10.0. The van der Waals surface area contributed by atoms with Crippen LogP contribution >= 0.6 is 0 Å². The van der Waals surface area contributed by atoms with Crippen LogP contribution in [-0.2, 0) is 9.53 Å². The van der Waals surface area contributed by atoms with Crippen molar-refractivity contribution >= 4 is 5.97 Å². The number of rotatable bonds is 21. The molecule has 210 valence electrons. The molecule has 0 fully saturated rings. The highest BCUT2D eigenvalue weighted by Crippen LogP contribution is 2.53. The van der Waals surface area contributed by atoms with Crippen molar-refractivity contribution in [2.75, 3.05) is 6.61 Å². The van der Waals surface area contributed by atoms with Crippen LogP contribution in [0.4, 0.5) is 39.5 Å². The van der Waals surface area contributed by atoms with Crippen molar-refractivity contribution in [3.63, 3.8) is 0 Å². The Labute approximate surface area is 202 Å². The van der Waals surface area contributed by atoms with Crippen LogP contribution in [-0.4, -0.2) is 36.5 Å². The second-order valence-corrected chi connectivity index (χ2v) is 9.02. The van der Waals surface area contributed by atoms with E-state index in [0.29, 0.717) is 12.8 Å². The molecule has 0 aromatic carbocycles. The maximum atomic E-state index is 13.4. The monoisotopic (exact) mass is 530 g/mol. The van der Waals surface area contributed by atoms with E-state index in [-0.39, 0.29) is 6.42 Å². The number of alkyl halides is 9. The lowest BCUT2D eigenvalue weighted by Gasteiger charge is -2.33. The third kappa shape index (κ3) is 12.6. The lowest BCUT2D eigenvalue weighted by molar-refractivity contribution is -0.397. The van der Waals surface area contributed by atoms with Gasteiger partial charge in [0.15, 0.2) is 0 Å². The molecule has 0 amide bonds. The molecule has 0 N–H and O–H groups in total. The predicted octanol–water partition coefficient (Wildman–Crippen LogP) is 9.65. The van der Waals surface area contributed by atoms with E-state index in [1.54, 1.807) is 0 Å². The quantitative estimate of drug-likeness (QED) is 0.0839. The molecule has 0 aromatic rings. The minimum absolute atomic E-state index is 0.182. The van der Waals surface area contributed by atoms with Crippen molar-refractivity contribution in [2.24, 2.45) is 0 Å². The van der Waals surface area contributed by atoms with Crippen LogP contribution in [0.25, 0.3) is 0 Å². The van der Waals surface area contributed by atoms with Crippen molar-refractivity contribution in [1.82, 2.24) is 0 Å². The highest BCUT2D eigenvalue weighted by Gasteiger charge is 2.81. The molecule has 0 aliphatic rings. The number of carbonyl (C=O) groups excluding carboxylic acids is 1. The third-order valence-corrected chi connectivity index (χ3v) is 5.87. The maximum Gasteiger partial charge on any atom is 0.460 e. The molecule has 11 heteroatoms. The van der Waals surface area contributed by atoms with Gasteiger partial charge < -0.3 is 4.74 Å². The number of hydrogen-bond acceptors (Lipinski definition) is 2. The number of halogens is 9. The number of unbranched alkanes of at least 4 members (excludes halogenated alkanes) is 14. The predicted molar refractivity (Wildman–Crippen MR) is 116 cm³/mol. The molecule has 0 spiro atoms. The first kappa shape index (κ1) is 33.8. The van der Waals surface area contributed by atoms with Crippen LogP contribution in [0.15, 0.2) is 0 Å². The zero-order chi connectivity index (χ0) is 27.0. The Hall–Kier alpha value is -1.16. The van der Waals surface area contributed by atoms with Gasteiger partial charge in [-0.25, -0.2) is 0 Å². The van der Waals surface area contributed by atoms with Gasteiger partial charge in [0.2, 0.25) is 0 Å². The summed E-state index contributed by atoms with van der Waals surface area (Å²) in [6.45, 7) is 0.801. The molecule has 0 saturated heterocycles. The van der Waals surface area contributed by atoms with Crippen molar-refractivity contribution < 1.29 is 49.0 Å². The normalized spacial score (nSPS) is 13.3. The summed E-state index contributed by atoms with van der Waals surface area (Å²) in [5.41, 5.74) is 0. The Balaban J connectivity index is 3.82. The van der Waals surface area contributed by atoms with E-state index in [9.17, 15) is 44.3 Å². The maximum absolute atomic E-state index is 13.4. The summed E-state index contributed by atoms with van der Waals surface area (Å²) in [7, 11) is 0. The van der Waals surface area contributed by atoms with E-state index in [1.807, 2.05) is 0 Å². The lowest BCUT2D eigenvalue weighted by Crippen LogP contribution is -2.61. The fourth-order valence-electron chi connectivity index (χ4n) is 3.57. The summed E-state index contributed by atoms with van der Waals surface area (Å²) in [6, 6.07) is 0. The fraction of sp³-hybridized carbons (Fsp3) is 0.958. The molecule has 0 rings (SSSR count). The summed E-state index contributed by atoms with van der Waals surface area (Å²) in [5, 5.41) is 0. The number of esters is 1. The van der Waals surface area contributed by atoms with Gasteiger partial charge in [-0.2, -0.15) is 39.5 Å². The Morgan fingerprint density at radius 3 is 1.31 bits per heavy atom. The Morgan fingerprint density at radius 1 is 0.571 bits per heavy atom. The first-order valence-corrected chi connectivity index (χ1v) is 12.6. The second kappa shape index (κ2) is 16.6. The fourth-order valence-corrected chi connectivity index (χ4v) is 3.57. The highest BCUT2D eigenvalue weighted by molar-refractivity contribution is 5.69. The number of hydrogen-bond donors (Lipinski definition) is 0. The molecule has 0 bridgehead atoms. The SMILES string of the molecule is CCCCCCCCCCCCCCCCCC(=O)OCCC(F)(F)C(F)(F)C(F)(F)C(F)(F)F. The Morgan fingerprint density at radius 2 is 0.943 bits per heavy atom. The average molecular weight is 531 g/mol. The van der Waals surface area contributed by atoms with Crippen molar-refractivity contribution in [3.8, 4) is 0 Å². The van der Waals surface area contributed by atoms with Crippen molar-refractivity contribution in [3.05, 3.63) is 0 Å². The standard InChI is InChI=1S/C24H39F9O2/c1-2-3-4-5-6-7-8-9-10-11-12-13-14-15-16-17-20(34)35-19-18-21(25,26)22(27,28)23(29,30)24(31,32)33/h2-19H2,1H3. The summed E-state index contributed by atoms with van der Waals surface area (Å²) >= 11 is 0. The molecule has 2 nitrogen and oxygen atoms in total. The van der Waals surface area contributed by atoms with Crippen LogP contribution in [0.3, 0.4) is 0 Å². The van der Waals surface area contributed by atoms with Gasteiger partial charge in [-0.05, 0) is 6.42 Å². The second-order valence-electron chi connectivity index (χ2n) is 9.02. The van der Waals surface area contributed by atoms with Gasteiger partial charge >= 0.3 is 29.9 Å². The summed E-state index contributed by atoms with van der Waals surface area (Å²) in [5.74, 6) is -20.3. The van der Waals surface area contributed by atoms with E-state index in [2.05, 4.69) is 11.7 Å². The zero-order valence-corrected chi connectivity index (χ0v) is 20.4. The van der Waals surface area contributed by atoms with Gasteiger partial charge in [-0.1, -0.05) is 96.8 Å². The Bertz CT molecular complexity index is 564. The van der Waals surface area contributed by atoms with Crippen LogP contribution in [0.1, 0.15) is 116 Å². The van der Waals surface area contributed by atoms with Gasteiger partial charge in [-0.15, -0.1) is 0 Å². The van der Waals surface area contributed by atoms with Gasteiger partial charge in [0.05, 0.1) is 13.0 Å². The van der Waals surface area contributed by atoms with E-state index in [4.69, 9.17) is 0 Å². The van der Waals surface area contributed by atoms with E-state index in [0.717, 1.165) is 25.7 Å². The molecular formula is C24H39F9O2. The van der Waals surface area contributed by atoms with E-state index < -0.39 is 42.9 Å². The molecular weight excluding hydrogens is 491 g/mol. The first-order chi connectivity index (χ1) is 16.2. The van der Waals surface area contributed by atoms with E-state index in [1.165, 1.54) is 57.8 Å². The van der Waals surface area contributed by atoms with E-state index >= 15 is 0 Å². The molecule has 0 aliphatic heterocycles. The average Bonchev–Trinajstić information content (AvgIpc) is 2.75. The van der Waals surface area contributed by atoms with Gasteiger partial charge in [0, 0.05) is 6.42 Å². The first-order valence-electron chi connectivity index (χ1n) is 12.6. The molecule has 35 heavy (non-hydrogen) atoms. The van der Waals surface area contributed by atoms with Crippen LogP contribution < -0.4 is 0 Å². The molecule has 0 heterocycles. The number of ether oxygens (including phenoxy) is 1. The topological polar surface area (TPSA) is 26.3 Å². The Kier molecular flexibility index (Phi) is 16.0. The molecule has 0 radical (unpaired) electrons. The molecule has 0 saturated carbocycles. The largest absolute Gasteiger partial charge is 0.465 e. The molecule has 0 unspecified atom stereocenters. The molecule has 0 aromatic heterocycles. The van der Waals surface area contributed by atoms with Crippen molar-refractivity contribution in [1.29, 1.82) is 0 Å². The van der Waals surface area contributed by atoms with Crippen LogP contribution in [0.2, 0.25) is 0 Å².